The van der Waals surface area contributed by atoms with Crippen LogP contribution in [0.2, 0.25) is 5.02 Å². The number of rotatable bonds is 4. The molecule has 0 saturated carbocycles. The minimum absolute atomic E-state index is 0.0693. The minimum Gasteiger partial charge on any atom is -0.266 e. The second-order valence-electron chi connectivity index (χ2n) is 2.75. The van der Waals surface area contributed by atoms with Crippen LogP contribution in [-0.2, 0) is 10.0 Å². The smallest absolute Gasteiger partial charge is 0.233 e. The van der Waals surface area contributed by atoms with E-state index < -0.39 is 10.0 Å². The average Bonchev–Trinajstić information content (AvgIpc) is 2.08. The zero-order valence-corrected chi connectivity index (χ0v) is 9.27. The summed E-state index contributed by atoms with van der Waals surface area (Å²) in [5.74, 6) is 0.252. The van der Waals surface area contributed by atoms with Crippen molar-refractivity contribution in [2.45, 2.75) is 13.3 Å². The summed E-state index contributed by atoms with van der Waals surface area (Å²) < 4.78 is 25.0. The summed E-state index contributed by atoms with van der Waals surface area (Å²) >= 11 is 5.74. The van der Waals surface area contributed by atoms with Crippen LogP contribution in [-0.4, -0.2) is 19.2 Å². The van der Waals surface area contributed by atoms with Crippen LogP contribution in [0.3, 0.4) is 0 Å². The van der Waals surface area contributed by atoms with Crippen molar-refractivity contribution in [3.63, 3.8) is 0 Å². The van der Waals surface area contributed by atoms with E-state index in [-0.39, 0.29) is 11.6 Å². The fourth-order valence-electron chi connectivity index (χ4n) is 0.928. The van der Waals surface area contributed by atoms with Crippen molar-refractivity contribution in [1.29, 1.82) is 0 Å². The zero-order valence-electron chi connectivity index (χ0n) is 7.70. The largest absolute Gasteiger partial charge is 0.266 e. The molecule has 0 aliphatic carbocycles. The van der Waals surface area contributed by atoms with Gasteiger partial charge in [-0.2, -0.15) is 0 Å². The third-order valence-corrected chi connectivity index (χ3v) is 3.24. The molecule has 0 amide bonds. The van der Waals surface area contributed by atoms with E-state index in [0.29, 0.717) is 11.4 Å². The number of hydrogen-bond acceptors (Lipinski definition) is 3. The highest BCUT2D eigenvalue weighted by Crippen LogP contribution is 2.18. The molecule has 0 spiro atoms. The Morgan fingerprint density at radius 2 is 2.29 bits per heavy atom. The molecule has 6 heteroatoms. The van der Waals surface area contributed by atoms with Crippen LogP contribution in [0.4, 0.5) is 5.82 Å². The average molecular weight is 235 g/mol. The predicted octanol–water partition coefficient (Wildman–Crippen LogP) is 1.89. The van der Waals surface area contributed by atoms with E-state index in [1.165, 1.54) is 6.20 Å². The van der Waals surface area contributed by atoms with Crippen LogP contribution in [0.1, 0.15) is 13.3 Å². The Morgan fingerprint density at radius 1 is 1.57 bits per heavy atom. The van der Waals surface area contributed by atoms with Crippen LogP contribution in [0.15, 0.2) is 18.3 Å². The Kier molecular flexibility index (Phi) is 3.71. The fraction of sp³-hybridized carbons (Fsp3) is 0.375. The van der Waals surface area contributed by atoms with Crippen LogP contribution < -0.4 is 4.72 Å². The molecule has 0 bridgehead atoms. The highest BCUT2D eigenvalue weighted by molar-refractivity contribution is 7.92. The van der Waals surface area contributed by atoms with Crippen molar-refractivity contribution in [2.24, 2.45) is 0 Å². The van der Waals surface area contributed by atoms with Gasteiger partial charge >= 0.3 is 0 Å². The number of hydrogen-bond donors (Lipinski definition) is 1. The summed E-state index contributed by atoms with van der Waals surface area (Å²) in [7, 11) is -3.30. The SMILES string of the molecule is CCCS(=O)(=O)Nc1ncccc1Cl. The van der Waals surface area contributed by atoms with Crippen LogP contribution in [0, 0.1) is 0 Å². The second-order valence-corrected chi connectivity index (χ2v) is 5.00. The molecule has 78 valence electrons. The summed E-state index contributed by atoms with van der Waals surface area (Å²) in [5, 5.41) is 0.298. The zero-order chi connectivity index (χ0) is 10.6. The van der Waals surface area contributed by atoms with Gasteiger partial charge in [-0.3, -0.25) is 4.72 Å². The normalized spacial score (nSPS) is 11.3. The molecule has 0 aromatic carbocycles. The molecule has 1 aromatic rings. The van der Waals surface area contributed by atoms with Crippen molar-refractivity contribution in [2.75, 3.05) is 10.5 Å². The second kappa shape index (κ2) is 4.61. The van der Waals surface area contributed by atoms with Crippen molar-refractivity contribution >= 4 is 27.4 Å². The van der Waals surface area contributed by atoms with Crippen LogP contribution in [0.25, 0.3) is 0 Å². The van der Waals surface area contributed by atoms with Crippen LogP contribution >= 0.6 is 11.6 Å². The topological polar surface area (TPSA) is 59.1 Å². The quantitative estimate of drug-likeness (QED) is 0.866. The molecule has 0 aliphatic rings. The van der Waals surface area contributed by atoms with E-state index in [4.69, 9.17) is 11.6 Å². The van der Waals surface area contributed by atoms with Gasteiger partial charge in [-0.1, -0.05) is 18.5 Å². The molecule has 0 radical (unpaired) electrons. The Hall–Kier alpha value is -0.810. The summed E-state index contributed by atoms with van der Waals surface area (Å²) in [6.45, 7) is 1.79. The molecule has 1 heterocycles. The molecule has 1 N–H and O–H groups in total. The first-order valence-corrected chi connectivity index (χ1v) is 6.19. The van der Waals surface area contributed by atoms with E-state index in [1.807, 2.05) is 0 Å². The Balaban J connectivity index is 2.84. The number of nitrogens with one attached hydrogen (secondary N) is 1. The van der Waals surface area contributed by atoms with Crippen LogP contribution in [0.5, 0.6) is 0 Å². The number of sulfonamides is 1. The molecule has 1 rings (SSSR count). The molecule has 4 nitrogen and oxygen atoms in total. The first-order valence-electron chi connectivity index (χ1n) is 4.16. The standard InChI is InChI=1S/C8H11ClN2O2S/c1-2-6-14(12,13)11-8-7(9)4-3-5-10-8/h3-5H,2,6H2,1H3,(H,10,11). The van der Waals surface area contributed by atoms with Gasteiger partial charge in [0.25, 0.3) is 0 Å². The third kappa shape index (κ3) is 3.16. The summed E-state index contributed by atoms with van der Waals surface area (Å²) in [4.78, 5) is 3.82. The van der Waals surface area contributed by atoms with Gasteiger partial charge in [0, 0.05) is 6.20 Å². The summed E-state index contributed by atoms with van der Waals surface area (Å²) in [5.41, 5.74) is 0. The van der Waals surface area contributed by atoms with Crippen molar-refractivity contribution < 1.29 is 8.42 Å². The molecular weight excluding hydrogens is 224 g/mol. The van der Waals surface area contributed by atoms with Crippen molar-refractivity contribution in [1.82, 2.24) is 4.98 Å². The van der Waals surface area contributed by atoms with E-state index >= 15 is 0 Å². The van der Waals surface area contributed by atoms with Gasteiger partial charge in [0.15, 0.2) is 5.82 Å². The number of nitrogens with zero attached hydrogens (tertiary/aromatic N) is 1. The third-order valence-electron chi connectivity index (χ3n) is 1.48. The molecule has 1 aromatic heterocycles. The maximum absolute atomic E-state index is 11.3. The van der Waals surface area contributed by atoms with E-state index in [9.17, 15) is 8.42 Å². The lowest BCUT2D eigenvalue weighted by molar-refractivity contribution is 0.599. The molecule has 0 unspecified atom stereocenters. The molecule has 14 heavy (non-hydrogen) atoms. The van der Waals surface area contributed by atoms with Gasteiger partial charge in [-0.15, -0.1) is 0 Å². The fourth-order valence-corrected chi connectivity index (χ4v) is 2.25. The lowest BCUT2D eigenvalue weighted by atomic mass is 10.5. The maximum atomic E-state index is 11.3. The molecule has 0 saturated heterocycles. The van der Waals surface area contributed by atoms with Gasteiger partial charge in [-0.25, -0.2) is 13.4 Å². The minimum atomic E-state index is -3.30. The van der Waals surface area contributed by atoms with Gasteiger partial charge in [0.1, 0.15) is 0 Å². The van der Waals surface area contributed by atoms with E-state index in [0.717, 1.165) is 0 Å². The number of pyridine rings is 1. The Bertz CT molecular complexity index is 406. The summed E-state index contributed by atoms with van der Waals surface area (Å²) in [6, 6.07) is 3.22. The maximum Gasteiger partial charge on any atom is 0.233 e. The molecule has 0 fully saturated rings. The molecular formula is C8H11ClN2O2S. The van der Waals surface area contributed by atoms with Gasteiger partial charge in [0.05, 0.1) is 10.8 Å². The van der Waals surface area contributed by atoms with Gasteiger partial charge < -0.3 is 0 Å². The highest BCUT2D eigenvalue weighted by atomic mass is 35.5. The van der Waals surface area contributed by atoms with Gasteiger partial charge in [0.2, 0.25) is 10.0 Å². The monoisotopic (exact) mass is 234 g/mol. The van der Waals surface area contributed by atoms with E-state index in [1.54, 1.807) is 19.1 Å². The molecule has 0 atom stereocenters. The number of anilines is 1. The van der Waals surface area contributed by atoms with Crippen molar-refractivity contribution in [3.8, 4) is 0 Å². The first kappa shape index (κ1) is 11.3. The van der Waals surface area contributed by atoms with Gasteiger partial charge in [-0.05, 0) is 18.6 Å². The number of aromatic nitrogens is 1. The van der Waals surface area contributed by atoms with E-state index in [2.05, 4.69) is 9.71 Å². The molecule has 0 aliphatic heterocycles. The van der Waals surface area contributed by atoms with Crippen molar-refractivity contribution in [3.05, 3.63) is 23.4 Å². The predicted molar refractivity (Wildman–Crippen MR) is 56.9 cm³/mol. The Labute approximate surface area is 88.4 Å². The highest BCUT2D eigenvalue weighted by Gasteiger charge is 2.11. The lowest BCUT2D eigenvalue weighted by Crippen LogP contribution is -2.17. The number of halogens is 1. The Morgan fingerprint density at radius 3 is 2.86 bits per heavy atom. The lowest BCUT2D eigenvalue weighted by Gasteiger charge is -2.06. The first-order chi connectivity index (χ1) is 6.55. The summed E-state index contributed by atoms with van der Waals surface area (Å²) in [6.07, 6.45) is 2.04.